The number of unbranched alkanes of at least 4 members (excludes halogenated alkanes) is 1. The molecule has 0 aliphatic rings. The third-order valence-electron chi connectivity index (χ3n) is 6.56. The Bertz CT molecular complexity index is 1080. The van der Waals surface area contributed by atoms with Crippen molar-refractivity contribution in [2.24, 2.45) is 5.41 Å². The zero-order valence-corrected chi connectivity index (χ0v) is 20.1. The van der Waals surface area contributed by atoms with Gasteiger partial charge in [0.25, 0.3) is 0 Å². The molecule has 0 saturated carbocycles. The van der Waals surface area contributed by atoms with Gasteiger partial charge in [0.15, 0.2) is 5.82 Å². The molecule has 1 aromatic heterocycles. The maximum Gasteiger partial charge on any atom is 0.311 e. The number of aromatic nitrogens is 4. The second-order valence-electron chi connectivity index (χ2n) is 8.64. The minimum absolute atomic E-state index is 0.00150. The number of carboxylic acids is 1. The first-order valence-corrected chi connectivity index (χ1v) is 11.9. The lowest BCUT2D eigenvalue weighted by atomic mass is 9.81. The van der Waals surface area contributed by atoms with E-state index in [0.29, 0.717) is 31.6 Å². The Hall–Kier alpha value is -3.55. The second kappa shape index (κ2) is 11.5. The van der Waals surface area contributed by atoms with Crippen LogP contribution in [0, 0.1) is 5.41 Å². The first-order valence-electron chi connectivity index (χ1n) is 11.9. The number of benzene rings is 2. The number of hydrogen-bond donors (Lipinski definition) is 2. The number of rotatable bonds is 12. The van der Waals surface area contributed by atoms with Crippen molar-refractivity contribution in [2.75, 3.05) is 6.54 Å². The lowest BCUT2D eigenvalue weighted by molar-refractivity contribution is -0.152. The normalized spacial score (nSPS) is 11.4. The highest BCUT2D eigenvalue weighted by atomic mass is 16.4. The molecule has 0 aliphatic heterocycles. The SMILES string of the molecule is CCCCC(=O)N(Cc1ccc(-c2ccccc2-c2nnn[nH]2)cc1)CC(CC)(CC)C(=O)O. The van der Waals surface area contributed by atoms with Crippen molar-refractivity contribution in [3.63, 3.8) is 0 Å². The van der Waals surface area contributed by atoms with Gasteiger partial charge in [-0.15, -0.1) is 5.10 Å². The number of tetrazole rings is 1. The molecule has 1 heterocycles. The van der Waals surface area contributed by atoms with E-state index in [9.17, 15) is 14.7 Å². The summed E-state index contributed by atoms with van der Waals surface area (Å²) in [6.07, 6.45) is 3.08. The fourth-order valence-corrected chi connectivity index (χ4v) is 4.15. The Morgan fingerprint density at radius 2 is 1.68 bits per heavy atom. The summed E-state index contributed by atoms with van der Waals surface area (Å²) in [7, 11) is 0. The number of carboxylic acid groups (broad SMARTS) is 1. The summed E-state index contributed by atoms with van der Waals surface area (Å²) in [6, 6.07) is 15.9. The Morgan fingerprint density at radius 1 is 1.00 bits per heavy atom. The molecule has 1 amide bonds. The van der Waals surface area contributed by atoms with Crippen LogP contribution in [0.3, 0.4) is 0 Å². The quantitative estimate of drug-likeness (QED) is 0.393. The van der Waals surface area contributed by atoms with Gasteiger partial charge >= 0.3 is 5.97 Å². The minimum Gasteiger partial charge on any atom is -0.481 e. The first-order chi connectivity index (χ1) is 16.4. The van der Waals surface area contributed by atoms with E-state index in [0.717, 1.165) is 35.1 Å². The molecule has 0 radical (unpaired) electrons. The Balaban J connectivity index is 1.85. The molecule has 0 spiro atoms. The molecule has 8 nitrogen and oxygen atoms in total. The average molecular weight is 464 g/mol. The maximum atomic E-state index is 13.0. The smallest absolute Gasteiger partial charge is 0.311 e. The van der Waals surface area contributed by atoms with Crippen molar-refractivity contribution in [1.29, 1.82) is 0 Å². The maximum absolute atomic E-state index is 13.0. The Morgan fingerprint density at radius 3 is 2.24 bits per heavy atom. The fourth-order valence-electron chi connectivity index (χ4n) is 4.15. The molecule has 0 bridgehead atoms. The molecule has 2 aromatic carbocycles. The van der Waals surface area contributed by atoms with Crippen molar-refractivity contribution in [3.8, 4) is 22.5 Å². The molecule has 0 aliphatic carbocycles. The topological polar surface area (TPSA) is 112 Å². The number of H-pyrrole nitrogens is 1. The third kappa shape index (κ3) is 5.68. The molecule has 3 aromatic rings. The van der Waals surface area contributed by atoms with Crippen molar-refractivity contribution in [1.82, 2.24) is 25.5 Å². The van der Waals surface area contributed by atoms with Crippen molar-refractivity contribution >= 4 is 11.9 Å². The largest absolute Gasteiger partial charge is 0.481 e. The summed E-state index contributed by atoms with van der Waals surface area (Å²) >= 11 is 0. The number of aromatic amines is 1. The second-order valence-corrected chi connectivity index (χ2v) is 8.64. The van der Waals surface area contributed by atoms with E-state index in [2.05, 4.69) is 20.6 Å². The Kier molecular flexibility index (Phi) is 8.51. The van der Waals surface area contributed by atoms with Crippen molar-refractivity contribution in [2.45, 2.75) is 59.4 Å². The van der Waals surface area contributed by atoms with Gasteiger partial charge in [-0.1, -0.05) is 75.7 Å². The van der Waals surface area contributed by atoms with Crippen LogP contribution in [0.4, 0.5) is 0 Å². The van der Waals surface area contributed by atoms with Crippen LogP contribution in [0.2, 0.25) is 0 Å². The highest BCUT2D eigenvalue weighted by Crippen LogP contribution is 2.31. The van der Waals surface area contributed by atoms with Gasteiger partial charge in [-0.2, -0.15) is 0 Å². The van der Waals surface area contributed by atoms with Crippen LogP contribution in [-0.2, 0) is 16.1 Å². The highest BCUT2D eigenvalue weighted by Gasteiger charge is 2.38. The summed E-state index contributed by atoms with van der Waals surface area (Å²) in [5, 5.41) is 24.1. The van der Waals surface area contributed by atoms with Crippen LogP contribution in [0.25, 0.3) is 22.5 Å². The van der Waals surface area contributed by atoms with Crippen LogP contribution in [-0.4, -0.2) is 49.1 Å². The molecule has 180 valence electrons. The van der Waals surface area contributed by atoms with Crippen LogP contribution >= 0.6 is 0 Å². The van der Waals surface area contributed by atoms with E-state index in [-0.39, 0.29) is 12.5 Å². The lowest BCUT2D eigenvalue weighted by Crippen LogP contribution is -2.44. The van der Waals surface area contributed by atoms with Gasteiger partial charge in [0.05, 0.1) is 5.41 Å². The molecule has 0 fully saturated rings. The molecular formula is C26H33N5O3. The van der Waals surface area contributed by atoms with E-state index >= 15 is 0 Å². The Labute approximate surface area is 200 Å². The minimum atomic E-state index is -0.939. The standard InChI is InChI=1S/C26H33N5O3/c1-4-7-12-23(32)31(18-26(5-2,6-3)25(33)34)17-19-13-15-20(16-14-19)21-10-8-9-11-22(21)24-27-29-30-28-24/h8-11,13-16H,4-7,12,17-18H2,1-3H3,(H,33,34)(H,27,28,29,30). The molecule has 0 atom stereocenters. The molecule has 2 N–H and O–H groups in total. The number of carbonyl (C=O) groups excluding carboxylic acids is 1. The van der Waals surface area contributed by atoms with Gasteiger partial charge in [-0.05, 0) is 46.4 Å². The predicted octanol–water partition coefficient (Wildman–Crippen LogP) is 4.94. The monoisotopic (exact) mass is 463 g/mol. The molecule has 0 unspecified atom stereocenters. The van der Waals surface area contributed by atoms with Crippen LogP contribution in [0.5, 0.6) is 0 Å². The van der Waals surface area contributed by atoms with E-state index < -0.39 is 11.4 Å². The van der Waals surface area contributed by atoms with Crippen LogP contribution < -0.4 is 0 Å². The number of carbonyl (C=O) groups is 2. The predicted molar refractivity (Wildman–Crippen MR) is 131 cm³/mol. The van der Waals surface area contributed by atoms with E-state index in [4.69, 9.17) is 0 Å². The van der Waals surface area contributed by atoms with Gasteiger partial charge in [-0.25, -0.2) is 5.10 Å². The molecule has 3 rings (SSSR count). The van der Waals surface area contributed by atoms with Gasteiger partial charge in [0, 0.05) is 25.1 Å². The summed E-state index contributed by atoms with van der Waals surface area (Å²) in [5.41, 5.74) is 2.91. The van der Waals surface area contributed by atoms with E-state index in [1.165, 1.54) is 0 Å². The highest BCUT2D eigenvalue weighted by molar-refractivity contribution is 5.81. The van der Waals surface area contributed by atoms with Crippen molar-refractivity contribution < 1.29 is 14.7 Å². The van der Waals surface area contributed by atoms with Crippen LogP contribution in [0.1, 0.15) is 58.4 Å². The van der Waals surface area contributed by atoms with Gasteiger partial charge in [0.1, 0.15) is 0 Å². The fraction of sp³-hybridized carbons (Fsp3) is 0.423. The molecule has 0 saturated heterocycles. The van der Waals surface area contributed by atoms with Gasteiger partial charge in [0.2, 0.25) is 5.91 Å². The number of amides is 1. The zero-order valence-electron chi connectivity index (χ0n) is 20.1. The molecule has 8 heteroatoms. The summed E-state index contributed by atoms with van der Waals surface area (Å²) in [5.74, 6) is -0.252. The van der Waals surface area contributed by atoms with Gasteiger partial charge < -0.3 is 10.0 Å². The summed E-state index contributed by atoms with van der Waals surface area (Å²) in [4.78, 5) is 26.8. The first kappa shape index (κ1) is 25.1. The number of aliphatic carboxylic acids is 1. The number of nitrogens with zero attached hydrogens (tertiary/aromatic N) is 4. The van der Waals surface area contributed by atoms with Crippen LogP contribution in [0.15, 0.2) is 48.5 Å². The van der Waals surface area contributed by atoms with Crippen molar-refractivity contribution in [3.05, 3.63) is 54.1 Å². The van der Waals surface area contributed by atoms with Gasteiger partial charge in [-0.3, -0.25) is 9.59 Å². The average Bonchev–Trinajstić information content (AvgIpc) is 3.40. The summed E-state index contributed by atoms with van der Waals surface area (Å²) in [6.45, 7) is 6.39. The zero-order chi connectivity index (χ0) is 24.6. The molecular weight excluding hydrogens is 430 g/mol. The summed E-state index contributed by atoms with van der Waals surface area (Å²) < 4.78 is 0. The lowest BCUT2D eigenvalue weighted by Gasteiger charge is -2.34. The number of hydrogen-bond acceptors (Lipinski definition) is 5. The number of nitrogens with one attached hydrogen (secondary N) is 1. The van der Waals surface area contributed by atoms with E-state index in [1.807, 2.05) is 69.3 Å². The third-order valence-corrected chi connectivity index (χ3v) is 6.56. The molecule has 34 heavy (non-hydrogen) atoms. The van der Waals surface area contributed by atoms with E-state index in [1.54, 1.807) is 4.90 Å².